The number of nitro groups is 1. The topological polar surface area (TPSA) is 141 Å². The number of methoxy groups -OCH3 is 1. The van der Waals surface area contributed by atoms with E-state index in [2.05, 4.69) is 10.0 Å². The van der Waals surface area contributed by atoms with E-state index in [1.165, 1.54) is 49.8 Å². The second-order valence-electron chi connectivity index (χ2n) is 5.71. The van der Waals surface area contributed by atoms with E-state index in [-0.39, 0.29) is 22.1 Å². The molecule has 1 heterocycles. The van der Waals surface area contributed by atoms with E-state index in [1.54, 1.807) is 12.1 Å². The molecule has 0 radical (unpaired) electrons. The van der Waals surface area contributed by atoms with Crippen LogP contribution in [0.15, 0.2) is 70.2 Å². The highest BCUT2D eigenvalue weighted by molar-refractivity contribution is 7.92. The fraction of sp³-hybridized carbons (Fsp3) is 0.0556. The van der Waals surface area contributed by atoms with Crippen molar-refractivity contribution >= 4 is 33.0 Å². The molecule has 0 atom stereocenters. The van der Waals surface area contributed by atoms with E-state index < -0.39 is 26.5 Å². The molecule has 11 heteroatoms. The summed E-state index contributed by atoms with van der Waals surface area (Å²) in [6.07, 6.45) is 1.35. The summed E-state index contributed by atoms with van der Waals surface area (Å²) in [7, 11) is -2.88. The van der Waals surface area contributed by atoms with Gasteiger partial charge in [0.1, 0.15) is 0 Å². The number of anilines is 2. The first-order valence-corrected chi connectivity index (χ1v) is 9.58. The Kier molecular flexibility index (Phi) is 5.50. The Balaban J connectivity index is 1.83. The first-order valence-electron chi connectivity index (χ1n) is 8.10. The predicted molar refractivity (Wildman–Crippen MR) is 104 cm³/mol. The second kappa shape index (κ2) is 8.02. The molecular formula is C18H15N3O7S. The van der Waals surface area contributed by atoms with E-state index in [0.717, 1.165) is 6.07 Å². The van der Waals surface area contributed by atoms with Crippen LogP contribution in [-0.2, 0) is 10.0 Å². The van der Waals surface area contributed by atoms with Crippen molar-refractivity contribution in [3.8, 4) is 5.75 Å². The van der Waals surface area contributed by atoms with E-state index in [1.807, 2.05) is 0 Å². The van der Waals surface area contributed by atoms with Gasteiger partial charge in [-0.3, -0.25) is 19.6 Å². The van der Waals surface area contributed by atoms with Gasteiger partial charge in [0, 0.05) is 11.8 Å². The molecule has 1 amide bonds. The van der Waals surface area contributed by atoms with E-state index in [9.17, 15) is 23.3 Å². The molecule has 1 aromatic heterocycles. The molecule has 3 rings (SSSR count). The van der Waals surface area contributed by atoms with Crippen LogP contribution < -0.4 is 14.8 Å². The predicted octanol–water partition coefficient (Wildman–Crippen LogP) is 3.25. The Bertz CT molecular complexity index is 1160. The van der Waals surface area contributed by atoms with Crippen molar-refractivity contribution in [2.75, 3.05) is 17.1 Å². The van der Waals surface area contributed by atoms with E-state index in [0.29, 0.717) is 5.69 Å². The minimum atomic E-state index is -4.12. The lowest BCUT2D eigenvalue weighted by molar-refractivity contribution is -0.386. The third kappa shape index (κ3) is 4.52. The Labute approximate surface area is 165 Å². The Morgan fingerprint density at radius 1 is 1.10 bits per heavy atom. The second-order valence-corrected chi connectivity index (χ2v) is 7.39. The van der Waals surface area contributed by atoms with Crippen LogP contribution in [0, 0.1) is 10.1 Å². The number of sulfonamides is 1. The molecular weight excluding hydrogens is 402 g/mol. The molecule has 10 nitrogen and oxygen atoms in total. The summed E-state index contributed by atoms with van der Waals surface area (Å²) in [6.45, 7) is 0. The number of nitrogens with one attached hydrogen (secondary N) is 2. The standard InChI is InChI=1S/C18H15N3O7S/c1-27-16-8-7-14(11-15(16)21(23)24)29(25,26)20-13-5-2-4-12(10-13)19-18(22)17-6-3-9-28-17/h2-11,20H,1H3,(H,19,22). The summed E-state index contributed by atoms with van der Waals surface area (Å²) in [5.74, 6) is -0.459. The fourth-order valence-electron chi connectivity index (χ4n) is 2.45. The summed E-state index contributed by atoms with van der Waals surface area (Å²) in [5.41, 5.74) is 0.00265. The third-order valence-corrected chi connectivity index (χ3v) is 5.15. The number of amides is 1. The molecule has 0 aliphatic carbocycles. The first-order chi connectivity index (χ1) is 13.8. The van der Waals surface area contributed by atoms with Gasteiger partial charge in [0.2, 0.25) is 0 Å². The summed E-state index contributed by atoms with van der Waals surface area (Å²) in [4.78, 5) is 22.1. The Morgan fingerprint density at radius 2 is 1.86 bits per heavy atom. The number of hydrogen-bond acceptors (Lipinski definition) is 7. The lowest BCUT2D eigenvalue weighted by atomic mass is 10.3. The van der Waals surface area contributed by atoms with Crippen LogP contribution in [-0.4, -0.2) is 26.4 Å². The number of hydrogen-bond donors (Lipinski definition) is 2. The van der Waals surface area contributed by atoms with Crippen LogP contribution in [0.25, 0.3) is 0 Å². The highest BCUT2D eigenvalue weighted by Crippen LogP contribution is 2.30. The van der Waals surface area contributed by atoms with Crippen molar-refractivity contribution in [1.29, 1.82) is 0 Å². The number of carbonyl (C=O) groups is 1. The molecule has 2 aromatic carbocycles. The van der Waals surface area contributed by atoms with Crippen LogP contribution in [0.4, 0.5) is 17.1 Å². The van der Waals surface area contributed by atoms with Crippen molar-refractivity contribution in [1.82, 2.24) is 0 Å². The van der Waals surface area contributed by atoms with E-state index in [4.69, 9.17) is 9.15 Å². The molecule has 29 heavy (non-hydrogen) atoms. The summed E-state index contributed by atoms with van der Waals surface area (Å²) in [6, 6.07) is 12.3. The maximum Gasteiger partial charge on any atom is 0.312 e. The maximum absolute atomic E-state index is 12.6. The van der Waals surface area contributed by atoms with Gasteiger partial charge < -0.3 is 14.5 Å². The number of carbonyl (C=O) groups excluding carboxylic acids is 1. The smallest absolute Gasteiger partial charge is 0.312 e. The van der Waals surface area contributed by atoms with Crippen LogP contribution in [0.3, 0.4) is 0 Å². The van der Waals surface area contributed by atoms with Crippen molar-refractivity contribution in [2.45, 2.75) is 4.90 Å². The highest BCUT2D eigenvalue weighted by Gasteiger charge is 2.22. The Hall–Kier alpha value is -3.86. The average Bonchev–Trinajstić information content (AvgIpc) is 3.22. The van der Waals surface area contributed by atoms with Crippen molar-refractivity contribution in [3.63, 3.8) is 0 Å². The zero-order valence-corrected chi connectivity index (χ0v) is 15.8. The first kappa shape index (κ1) is 19.9. The molecule has 3 aromatic rings. The lowest BCUT2D eigenvalue weighted by Gasteiger charge is -2.11. The zero-order chi connectivity index (χ0) is 21.0. The maximum atomic E-state index is 12.6. The van der Waals surface area contributed by atoms with Gasteiger partial charge in [-0.1, -0.05) is 6.07 Å². The summed E-state index contributed by atoms with van der Waals surface area (Å²) >= 11 is 0. The van der Waals surface area contributed by atoms with Gasteiger partial charge in [0.05, 0.1) is 28.9 Å². The van der Waals surface area contributed by atoms with Gasteiger partial charge in [-0.05, 0) is 42.5 Å². The minimum absolute atomic E-state index is 0.0587. The van der Waals surface area contributed by atoms with Gasteiger partial charge in [0.25, 0.3) is 15.9 Å². The highest BCUT2D eigenvalue weighted by atomic mass is 32.2. The number of benzene rings is 2. The summed E-state index contributed by atoms with van der Waals surface area (Å²) in [5, 5.41) is 13.7. The van der Waals surface area contributed by atoms with Crippen LogP contribution in [0.5, 0.6) is 5.75 Å². The van der Waals surface area contributed by atoms with E-state index >= 15 is 0 Å². The van der Waals surface area contributed by atoms with Crippen molar-refractivity contribution < 1.29 is 27.3 Å². The molecule has 2 N–H and O–H groups in total. The van der Waals surface area contributed by atoms with Gasteiger partial charge in [0.15, 0.2) is 11.5 Å². The molecule has 0 aliphatic rings. The van der Waals surface area contributed by atoms with Gasteiger partial charge in [-0.2, -0.15) is 0 Å². The fourth-order valence-corrected chi connectivity index (χ4v) is 3.52. The molecule has 0 spiro atoms. The zero-order valence-electron chi connectivity index (χ0n) is 15.0. The lowest BCUT2D eigenvalue weighted by Crippen LogP contribution is -2.14. The monoisotopic (exact) mass is 417 g/mol. The largest absolute Gasteiger partial charge is 0.490 e. The normalized spacial score (nSPS) is 10.9. The Morgan fingerprint density at radius 3 is 2.52 bits per heavy atom. The molecule has 0 unspecified atom stereocenters. The number of nitrogens with zero attached hydrogens (tertiary/aromatic N) is 1. The SMILES string of the molecule is COc1ccc(S(=O)(=O)Nc2cccc(NC(=O)c3ccco3)c2)cc1[N+](=O)[O-]. The van der Waals surface area contributed by atoms with Gasteiger partial charge >= 0.3 is 5.69 Å². The summed E-state index contributed by atoms with van der Waals surface area (Å²) < 4.78 is 37.4. The van der Waals surface area contributed by atoms with Crippen LogP contribution >= 0.6 is 0 Å². The molecule has 150 valence electrons. The molecule has 0 saturated heterocycles. The molecule has 0 aliphatic heterocycles. The molecule has 0 saturated carbocycles. The minimum Gasteiger partial charge on any atom is -0.490 e. The molecule has 0 fully saturated rings. The van der Waals surface area contributed by atoms with Crippen molar-refractivity contribution in [3.05, 3.63) is 76.7 Å². The quantitative estimate of drug-likeness (QED) is 0.444. The number of rotatable bonds is 7. The van der Waals surface area contributed by atoms with Crippen LogP contribution in [0.1, 0.15) is 10.6 Å². The number of ether oxygens (including phenoxy) is 1. The molecule has 0 bridgehead atoms. The number of furan rings is 1. The van der Waals surface area contributed by atoms with Crippen molar-refractivity contribution in [2.24, 2.45) is 0 Å². The average molecular weight is 417 g/mol. The van der Waals surface area contributed by atoms with Crippen LogP contribution in [0.2, 0.25) is 0 Å². The number of nitro benzene ring substituents is 1. The van der Waals surface area contributed by atoms with Gasteiger partial charge in [-0.25, -0.2) is 8.42 Å². The third-order valence-electron chi connectivity index (χ3n) is 3.77. The van der Waals surface area contributed by atoms with Gasteiger partial charge in [-0.15, -0.1) is 0 Å².